The molecule has 5 heteroatoms. The van der Waals surface area contributed by atoms with Crippen molar-refractivity contribution in [2.24, 2.45) is 5.84 Å². The molecule has 0 amide bonds. The van der Waals surface area contributed by atoms with Crippen LogP contribution in [0.1, 0.15) is 25.4 Å². The third-order valence-corrected chi connectivity index (χ3v) is 2.64. The Morgan fingerprint density at radius 2 is 2.21 bits per heavy atom. The zero-order valence-electron chi connectivity index (χ0n) is 8.58. The summed E-state index contributed by atoms with van der Waals surface area (Å²) in [5.41, 5.74) is 3.59. The minimum atomic E-state index is 0.698. The summed E-state index contributed by atoms with van der Waals surface area (Å²) in [4.78, 5) is 8.68. The third kappa shape index (κ3) is 3.16. The van der Waals surface area contributed by atoms with Gasteiger partial charge in [0.05, 0.1) is 5.75 Å². The maximum Gasteiger partial charge on any atom is 0.143 e. The molecule has 78 valence electrons. The van der Waals surface area contributed by atoms with Crippen LogP contribution in [0, 0.1) is 0 Å². The molecule has 3 N–H and O–H groups in total. The number of thioether (sulfide) groups is 1. The molecule has 14 heavy (non-hydrogen) atoms. The zero-order valence-corrected chi connectivity index (χ0v) is 9.40. The molecule has 0 radical (unpaired) electrons. The van der Waals surface area contributed by atoms with Crippen LogP contribution in [0.25, 0.3) is 0 Å². The summed E-state index contributed by atoms with van der Waals surface area (Å²) in [6.45, 7) is 4.19. The lowest BCUT2D eigenvalue weighted by atomic mass is 10.3. The molecule has 4 nitrogen and oxygen atoms in total. The van der Waals surface area contributed by atoms with E-state index in [1.807, 2.05) is 6.07 Å². The van der Waals surface area contributed by atoms with E-state index in [9.17, 15) is 0 Å². The lowest BCUT2D eigenvalue weighted by Gasteiger charge is -2.05. The molecule has 1 aromatic heterocycles. The Morgan fingerprint density at radius 3 is 2.79 bits per heavy atom. The van der Waals surface area contributed by atoms with Crippen LogP contribution in [0.4, 0.5) is 5.82 Å². The van der Waals surface area contributed by atoms with Gasteiger partial charge >= 0.3 is 0 Å². The van der Waals surface area contributed by atoms with Gasteiger partial charge in [0.25, 0.3) is 0 Å². The van der Waals surface area contributed by atoms with Crippen LogP contribution in [0.5, 0.6) is 0 Å². The minimum Gasteiger partial charge on any atom is -0.308 e. The van der Waals surface area contributed by atoms with E-state index in [2.05, 4.69) is 29.2 Å². The van der Waals surface area contributed by atoms with E-state index >= 15 is 0 Å². The maximum absolute atomic E-state index is 5.32. The van der Waals surface area contributed by atoms with Gasteiger partial charge in [-0.3, -0.25) is 0 Å². The monoisotopic (exact) mass is 212 g/mol. The van der Waals surface area contributed by atoms with Crippen molar-refractivity contribution in [2.45, 2.75) is 26.0 Å². The number of hydrogen-bond acceptors (Lipinski definition) is 5. The number of nitrogen functional groups attached to an aromatic ring is 1. The highest BCUT2D eigenvalue weighted by Crippen LogP contribution is 2.11. The molecule has 0 aromatic carbocycles. The number of nitrogens with two attached hydrogens (primary N) is 1. The molecule has 0 aliphatic heterocycles. The second kappa shape index (κ2) is 5.82. The van der Waals surface area contributed by atoms with Gasteiger partial charge in [-0.25, -0.2) is 15.8 Å². The van der Waals surface area contributed by atoms with Crippen molar-refractivity contribution in [2.75, 3.05) is 11.2 Å². The molecule has 0 saturated carbocycles. The third-order valence-electron chi connectivity index (χ3n) is 1.77. The highest BCUT2D eigenvalue weighted by Gasteiger charge is 2.02. The average Bonchev–Trinajstić information content (AvgIpc) is 2.25. The van der Waals surface area contributed by atoms with Crippen LogP contribution in [0.2, 0.25) is 0 Å². The summed E-state index contributed by atoms with van der Waals surface area (Å²) < 4.78 is 0. The minimum absolute atomic E-state index is 0.698. The number of aryl methyl sites for hydroxylation is 1. The molecule has 1 heterocycles. The number of hydrazine groups is 1. The number of rotatable bonds is 5. The standard InChI is InChI=1S/C9H16N4S/c1-3-7-5-8(13-10)12-9(11-7)6-14-4-2/h5H,3-4,6,10H2,1-2H3,(H,11,12,13). The van der Waals surface area contributed by atoms with Crippen molar-refractivity contribution < 1.29 is 0 Å². The van der Waals surface area contributed by atoms with Gasteiger partial charge in [0.1, 0.15) is 11.6 Å². The van der Waals surface area contributed by atoms with Gasteiger partial charge in [-0.15, -0.1) is 0 Å². The molecule has 0 unspecified atom stereocenters. The normalized spacial score (nSPS) is 10.2. The highest BCUT2D eigenvalue weighted by atomic mass is 32.2. The van der Waals surface area contributed by atoms with E-state index in [-0.39, 0.29) is 0 Å². The smallest absolute Gasteiger partial charge is 0.143 e. The first kappa shape index (κ1) is 11.3. The summed E-state index contributed by atoms with van der Waals surface area (Å²) in [7, 11) is 0. The van der Waals surface area contributed by atoms with E-state index in [4.69, 9.17) is 5.84 Å². The van der Waals surface area contributed by atoms with Crippen molar-refractivity contribution in [3.63, 3.8) is 0 Å². The molecule has 1 aromatic rings. The van der Waals surface area contributed by atoms with Crippen LogP contribution in [0.3, 0.4) is 0 Å². The average molecular weight is 212 g/mol. The summed E-state index contributed by atoms with van der Waals surface area (Å²) in [5, 5.41) is 0. The SMILES string of the molecule is CCSCc1nc(CC)cc(NN)n1. The Morgan fingerprint density at radius 1 is 1.43 bits per heavy atom. The fraction of sp³-hybridized carbons (Fsp3) is 0.556. The summed E-state index contributed by atoms with van der Waals surface area (Å²) >= 11 is 1.81. The quantitative estimate of drug-likeness (QED) is 0.573. The number of aromatic nitrogens is 2. The predicted molar refractivity (Wildman–Crippen MR) is 61.1 cm³/mol. The van der Waals surface area contributed by atoms with Gasteiger partial charge < -0.3 is 5.43 Å². The van der Waals surface area contributed by atoms with Crippen LogP contribution in [-0.4, -0.2) is 15.7 Å². The topological polar surface area (TPSA) is 63.8 Å². The van der Waals surface area contributed by atoms with Crippen LogP contribution in [-0.2, 0) is 12.2 Å². The van der Waals surface area contributed by atoms with Crippen molar-refractivity contribution >= 4 is 17.6 Å². The maximum atomic E-state index is 5.32. The molecule has 0 aliphatic rings. The molecule has 1 rings (SSSR count). The fourth-order valence-electron chi connectivity index (χ4n) is 1.07. The molecule has 0 fully saturated rings. The van der Waals surface area contributed by atoms with Crippen molar-refractivity contribution in [1.82, 2.24) is 9.97 Å². The molecule has 0 aliphatic carbocycles. The first-order valence-electron chi connectivity index (χ1n) is 4.71. The van der Waals surface area contributed by atoms with Gasteiger partial charge in [-0.1, -0.05) is 13.8 Å². The first-order valence-corrected chi connectivity index (χ1v) is 5.86. The summed E-state index contributed by atoms with van der Waals surface area (Å²) in [6, 6.07) is 1.88. The van der Waals surface area contributed by atoms with E-state index in [0.717, 1.165) is 29.4 Å². The zero-order chi connectivity index (χ0) is 10.4. The van der Waals surface area contributed by atoms with Crippen LogP contribution >= 0.6 is 11.8 Å². The Bertz CT molecular complexity index is 268. The van der Waals surface area contributed by atoms with E-state index in [1.165, 1.54) is 0 Å². The van der Waals surface area contributed by atoms with Crippen LogP contribution in [0.15, 0.2) is 6.07 Å². The molecule has 0 bridgehead atoms. The van der Waals surface area contributed by atoms with E-state index in [0.29, 0.717) is 5.82 Å². The highest BCUT2D eigenvalue weighted by molar-refractivity contribution is 7.98. The summed E-state index contributed by atoms with van der Waals surface area (Å²) in [5.74, 6) is 8.79. The van der Waals surface area contributed by atoms with Gasteiger partial charge in [-0.05, 0) is 12.2 Å². The first-order chi connectivity index (χ1) is 6.80. The Kier molecular flexibility index (Phi) is 4.69. The number of anilines is 1. The molecular formula is C9H16N4S. The van der Waals surface area contributed by atoms with Crippen molar-refractivity contribution in [3.8, 4) is 0 Å². The number of nitrogens with zero attached hydrogens (tertiary/aromatic N) is 2. The van der Waals surface area contributed by atoms with Crippen molar-refractivity contribution in [3.05, 3.63) is 17.6 Å². The van der Waals surface area contributed by atoms with Crippen molar-refractivity contribution in [1.29, 1.82) is 0 Å². The molecule has 0 spiro atoms. The largest absolute Gasteiger partial charge is 0.308 e. The number of hydrogen-bond donors (Lipinski definition) is 2. The lowest BCUT2D eigenvalue weighted by molar-refractivity contribution is 0.938. The van der Waals surface area contributed by atoms with Gasteiger partial charge in [0.15, 0.2) is 0 Å². The number of nitrogens with one attached hydrogen (secondary N) is 1. The Labute approximate surface area is 88.7 Å². The Hall–Kier alpha value is -0.810. The second-order valence-electron chi connectivity index (χ2n) is 2.80. The van der Waals surface area contributed by atoms with Gasteiger partial charge in [0.2, 0.25) is 0 Å². The Balaban J connectivity index is 2.81. The van der Waals surface area contributed by atoms with E-state index < -0.39 is 0 Å². The molecule has 0 saturated heterocycles. The van der Waals surface area contributed by atoms with Crippen LogP contribution < -0.4 is 11.3 Å². The molecule has 0 atom stereocenters. The van der Waals surface area contributed by atoms with Gasteiger partial charge in [-0.2, -0.15) is 11.8 Å². The molecular weight excluding hydrogens is 196 g/mol. The second-order valence-corrected chi connectivity index (χ2v) is 4.07. The predicted octanol–water partition coefficient (Wildman–Crippen LogP) is 1.58. The van der Waals surface area contributed by atoms with Gasteiger partial charge in [0, 0.05) is 11.8 Å². The fourth-order valence-corrected chi connectivity index (χ4v) is 1.58. The summed E-state index contributed by atoms with van der Waals surface area (Å²) in [6.07, 6.45) is 0.904. The van der Waals surface area contributed by atoms with E-state index in [1.54, 1.807) is 11.8 Å². The lowest BCUT2D eigenvalue weighted by Crippen LogP contribution is -2.11.